The molecule has 1 aliphatic rings. The van der Waals surface area contributed by atoms with Gasteiger partial charge in [-0.15, -0.1) is 0 Å². The summed E-state index contributed by atoms with van der Waals surface area (Å²) in [5, 5.41) is 8.68. The van der Waals surface area contributed by atoms with Crippen molar-refractivity contribution in [1.29, 1.82) is 0 Å². The lowest BCUT2D eigenvalue weighted by molar-refractivity contribution is -0.124. The topological polar surface area (TPSA) is 76.7 Å². The summed E-state index contributed by atoms with van der Waals surface area (Å²) in [6, 6.07) is 16.9. The number of hydrogen-bond donors (Lipinski definition) is 3. The predicted octanol–water partition coefficient (Wildman–Crippen LogP) is 2.58. The fourth-order valence-corrected chi connectivity index (χ4v) is 3.81. The molecule has 3 amide bonds. The standard InChI is InChI=1S/C25H35N5O2/c1-19(2)23(28-25(32)27-17-20-9-5-4-6-10-20)24(31)26-18-21-11-7-8-12-22(21)30-15-13-29(3)14-16-30/h4-12,19,23H,13-18H2,1-3H3,(H,26,31)(H2,27,28,32). The Morgan fingerprint density at radius 2 is 1.53 bits per heavy atom. The van der Waals surface area contributed by atoms with Crippen LogP contribution in [-0.2, 0) is 17.9 Å². The SMILES string of the molecule is CC(C)C(NC(=O)NCc1ccccc1)C(=O)NCc1ccccc1N1CCN(C)CC1. The molecule has 2 aromatic rings. The zero-order chi connectivity index (χ0) is 22.9. The van der Waals surface area contributed by atoms with Gasteiger partial charge in [-0.25, -0.2) is 4.79 Å². The zero-order valence-corrected chi connectivity index (χ0v) is 19.3. The molecule has 1 heterocycles. The molecule has 7 heteroatoms. The Labute approximate surface area is 191 Å². The van der Waals surface area contributed by atoms with E-state index in [9.17, 15) is 9.59 Å². The van der Waals surface area contributed by atoms with E-state index < -0.39 is 6.04 Å². The highest BCUT2D eigenvalue weighted by atomic mass is 16.2. The quantitative estimate of drug-likeness (QED) is 0.593. The fourth-order valence-electron chi connectivity index (χ4n) is 3.81. The summed E-state index contributed by atoms with van der Waals surface area (Å²) in [6.45, 7) is 8.70. The van der Waals surface area contributed by atoms with Crippen LogP contribution in [0, 0.1) is 5.92 Å². The highest BCUT2D eigenvalue weighted by molar-refractivity contribution is 5.87. The number of carbonyl (C=O) groups is 2. The van der Waals surface area contributed by atoms with Gasteiger partial charge in [-0.1, -0.05) is 62.4 Å². The van der Waals surface area contributed by atoms with Crippen LogP contribution in [0.25, 0.3) is 0 Å². The van der Waals surface area contributed by atoms with Crippen LogP contribution in [0.2, 0.25) is 0 Å². The summed E-state index contributed by atoms with van der Waals surface area (Å²) < 4.78 is 0. The highest BCUT2D eigenvalue weighted by Gasteiger charge is 2.24. The van der Waals surface area contributed by atoms with Gasteiger partial charge in [0.25, 0.3) is 0 Å². The number of benzene rings is 2. The van der Waals surface area contributed by atoms with Gasteiger partial charge < -0.3 is 25.8 Å². The molecule has 0 saturated carbocycles. The smallest absolute Gasteiger partial charge is 0.315 e. The molecule has 0 aromatic heterocycles. The molecule has 32 heavy (non-hydrogen) atoms. The number of nitrogens with zero attached hydrogens (tertiary/aromatic N) is 2. The van der Waals surface area contributed by atoms with Crippen molar-refractivity contribution < 1.29 is 9.59 Å². The molecular weight excluding hydrogens is 402 g/mol. The molecule has 1 unspecified atom stereocenters. The van der Waals surface area contributed by atoms with Crippen LogP contribution in [0.4, 0.5) is 10.5 Å². The summed E-state index contributed by atoms with van der Waals surface area (Å²) in [6.07, 6.45) is 0. The number of piperazine rings is 1. The van der Waals surface area contributed by atoms with Crippen molar-refractivity contribution in [2.24, 2.45) is 5.92 Å². The molecule has 0 radical (unpaired) electrons. The lowest BCUT2D eigenvalue weighted by Crippen LogP contribution is -2.52. The normalized spacial score (nSPS) is 15.3. The fraction of sp³-hybridized carbons (Fsp3) is 0.440. The van der Waals surface area contributed by atoms with Gasteiger partial charge in [0, 0.05) is 45.0 Å². The van der Waals surface area contributed by atoms with Gasteiger partial charge in [-0.05, 0) is 30.2 Å². The van der Waals surface area contributed by atoms with Crippen molar-refractivity contribution in [1.82, 2.24) is 20.9 Å². The van der Waals surface area contributed by atoms with Crippen LogP contribution in [-0.4, -0.2) is 56.1 Å². The zero-order valence-electron chi connectivity index (χ0n) is 19.3. The second-order valence-corrected chi connectivity index (χ2v) is 8.67. The van der Waals surface area contributed by atoms with Gasteiger partial charge in [0.15, 0.2) is 0 Å². The predicted molar refractivity (Wildman–Crippen MR) is 128 cm³/mol. The summed E-state index contributed by atoms with van der Waals surface area (Å²) in [5.41, 5.74) is 3.26. The van der Waals surface area contributed by atoms with Crippen molar-refractivity contribution in [2.45, 2.75) is 33.0 Å². The molecule has 3 N–H and O–H groups in total. The first-order valence-corrected chi connectivity index (χ1v) is 11.3. The van der Waals surface area contributed by atoms with Crippen molar-refractivity contribution in [2.75, 3.05) is 38.1 Å². The third-order valence-corrected chi connectivity index (χ3v) is 5.82. The van der Waals surface area contributed by atoms with E-state index in [0.29, 0.717) is 13.1 Å². The summed E-state index contributed by atoms with van der Waals surface area (Å²) in [4.78, 5) is 30.0. The minimum absolute atomic E-state index is 0.0367. The molecule has 0 spiro atoms. The van der Waals surface area contributed by atoms with E-state index in [4.69, 9.17) is 0 Å². The maximum absolute atomic E-state index is 12.9. The number of rotatable bonds is 8. The monoisotopic (exact) mass is 437 g/mol. The van der Waals surface area contributed by atoms with E-state index in [0.717, 1.165) is 43.0 Å². The van der Waals surface area contributed by atoms with Crippen LogP contribution < -0.4 is 20.9 Å². The van der Waals surface area contributed by atoms with Crippen LogP contribution in [0.5, 0.6) is 0 Å². The lowest BCUT2D eigenvalue weighted by atomic mass is 10.0. The van der Waals surface area contributed by atoms with Gasteiger partial charge in [-0.3, -0.25) is 4.79 Å². The molecule has 1 saturated heterocycles. The van der Waals surface area contributed by atoms with Crippen molar-refractivity contribution in [3.63, 3.8) is 0 Å². The number of anilines is 1. The Balaban J connectivity index is 1.55. The molecule has 172 valence electrons. The summed E-state index contributed by atoms with van der Waals surface area (Å²) in [5.74, 6) is -0.214. The summed E-state index contributed by atoms with van der Waals surface area (Å²) >= 11 is 0. The minimum atomic E-state index is -0.610. The van der Waals surface area contributed by atoms with E-state index in [-0.39, 0.29) is 17.9 Å². The molecular formula is C25H35N5O2. The van der Waals surface area contributed by atoms with E-state index in [1.165, 1.54) is 0 Å². The Kier molecular flexibility index (Phi) is 8.50. The molecule has 0 aliphatic carbocycles. The van der Waals surface area contributed by atoms with Crippen LogP contribution in [0.3, 0.4) is 0 Å². The van der Waals surface area contributed by atoms with E-state index >= 15 is 0 Å². The number of amides is 3. The number of hydrogen-bond acceptors (Lipinski definition) is 4. The van der Waals surface area contributed by atoms with Crippen LogP contribution in [0.1, 0.15) is 25.0 Å². The molecule has 2 aromatic carbocycles. The van der Waals surface area contributed by atoms with Gasteiger partial charge in [-0.2, -0.15) is 0 Å². The second kappa shape index (κ2) is 11.5. The van der Waals surface area contributed by atoms with E-state index in [2.05, 4.69) is 44.9 Å². The Morgan fingerprint density at radius 3 is 2.22 bits per heavy atom. The van der Waals surface area contributed by atoms with Crippen LogP contribution in [0.15, 0.2) is 54.6 Å². The highest BCUT2D eigenvalue weighted by Crippen LogP contribution is 2.21. The van der Waals surface area contributed by atoms with Gasteiger partial charge in [0.1, 0.15) is 6.04 Å². The molecule has 0 bridgehead atoms. The van der Waals surface area contributed by atoms with Crippen molar-refractivity contribution in [3.05, 3.63) is 65.7 Å². The number of nitrogens with one attached hydrogen (secondary N) is 3. The maximum Gasteiger partial charge on any atom is 0.315 e. The number of para-hydroxylation sites is 1. The van der Waals surface area contributed by atoms with Crippen molar-refractivity contribution >= 4 is 17.6 Å². The molecule has 1 aliphatic heterocycles. The maximum atomic E-state index is 12.9. The Morgan fingerprint density at radius 1 is 0.875 bits per heavy atom. The van der Waals surface area contributed by atoms with Gasteiger partial charge >= 0.3 is 6.03 Å². The number of urea groups is 1. The average molecular weight is 438 g/mol. The first-order valence-electron chi connectivity index (χ1n) is 11.3. The van der Waals surface area contributed by atoms with Gasteiger partial charge in [0.05, 0.1) is 0 Å². The van der Waals surface area contributed by atoms with Crippen LogP contribution >= 0.6 is 0 Å². The molecule has 1 fully saturated rings. The third kappa shape index (κ3) is 6.72. The lowest BCUT2D eigenvalue weighted by Gasteiger charge is -2.35. The Bertz CT molecular complexity index is 879. The number of likely N-dealkylation sites (N-methyl/N-ethyl adjacent to an activating group) is 1. The Hall–Kier alpha value is -3.06. The minimum Gasteiger partial charge on any atom is -0.369 e. The molecule has 3 rings (SSSR count). The average Bonchev–Trinajstić information content (AvgIpc) is 2.81. The number of carbonyl (C=O) groups excluding carboxylic acids is 2. The first kappa shape index (κ1) is 23.6. The van der Waals surface area contributed by atoms with E-state index in [1.54, 1.807) is 0 Å². The third-order valence-electron chi connectivity index (χ3n) is 5.82. The molecule has 7 nitrogen and oxygen atoms in total. The van der Waals surface area contributed by atoms with Gasteiger partial charge in [0.2, 0.25) is 5.91 Å². The second-order valence-electron chi connectivity index (χ2n) is 8.67. The first-order chi connectivity index (χ1) is 15.4. The summed E-state index contributed by atoms with van der Waals surface area (Å²) in [7, 11) is 2.14. The van der Waals surface area contributed by atoms with E-state index in [1.807, 2.05) is 56.3 Å². The molecule has 1 atom stereocenters. The largest absolute Gasteiger partial charge is 0.369 e. The van der Waals surface area contributed by atoms with Crippen molar-refractivity contribution in [3.8, 4) is 0 Å².